The zero-order chi connectivity index (χ0) is 15.9. The first kappa shape index (κ1) is 17.5. The van der Waals surface area contributed by atoms with Gasteiger partial charge in [-0.05, 0) is 49.4 Å². The molecule has 0 amide bonds. The molecule has 0 aliphatic carbocycles. The lowest BCUT2D eigenvalue weighted by atomic mass is 9.99. The van der Waals surface area contributed by atoms with Crippen molar-refractivity contribution >= 4 is 0 Å². The highest BCUT2D eigenvalue weighted by atomic mass is 16.3. The molecule has 3 heteroatoms. The van der Waals surface area contributed by atoms with Gasteiger partial charge in [0.05, 0.1) is 12.6 Å². The second-order valence-electron chi connectivity index (χ2n) is 6.97. The summed E-state index contributed by atoms with van der Waals surface area (Å²) in [5, 5.41) is 13.4. The molecule has 1 atom stereocenters. The van der Waals surface area contributed by atoms with Crippen molar-refractivity contribution in [2.24, 2.45) is 5.92 Å². The average Bonchev–Trinajstić information content (AvgIpc) is 2.54. The summed E-state index contributed by atoms with van der Waals surface area (Å²) in [7, 11) is 0. The summed E-state index contributed by atoms with van der Waals surface area (Å²) in [4.78, 5) is 2.56. The molecule has 22 heavy (non-hydrogen) atoms. The highest BCUT2D eigenvalue weighted by molar-refractivity contribution is 5.25. The van der Waals surface area contributed by atoms with Gasteiger partial charge in [0, 0.05) is 12.6 Å². The van der Waals surface area contributed by atoms with Crippen LogP contribution in [-0.4, -0.2) is 42.3 Å². The van der Waals surface area contributed by atoms with Crippen LogP contribution in [0.25, 0.3) is 0 Å². The summed E-state index contributed by atoms with van der Waals surface area (Å²) >= 11 is 0. The number of likely N-dealkylation sites (tertiary alicyclic amines) is 1. The first-order valence-electron chi connectivity index (χ1n) is 8.80. The van der Waals surface area contributed by atoms with Crippen molar-refractivity contribution in [3.8, 4) is 0 Å². The van der Waals surface area contributed by atoms with Crippen LogP contribution < -0.4 is 5.32 Å². The van der Waals surface area contributed by atoms with E-state index in [0.717, 1.165) is 12.3 Å². The normalized spacial score (nSPS) is 18.8. The Morgan fingerprint density at radius 3 is 2.32 bits per heavy atom. The van der Waals surface area contributed by atoms with Gasteiger partial charge in [0.15, 0.2) is 0 Å². The van der Waals surface area contributed by atoms with Gasteiger partial charge in [-0.25, -0.2) is 0 Å². The first-order chi connectivity index (χ1) is 10.6. The number of nitrogens with one attached hydrogen (secondary N) is 1. The van der Waals surface area contributed by atoms with Gasteiger partial charge >= 0.3 is 0 Å². The van der Waals surface area contributed by atoms with Crippen molar-refractivity contribution in [1.29, 1.82) is 0 Å². The molecule has 0 saturated carbocycles. The molecule has 2 rings (SSSR count). The van der Waals surface area contributed by atoms with Crippen LogP contribution in [0, 0.1) is 5.92 Å². The minimum Gasteiger partial charge on any atom is -0.394 e. The Bertz CT molecular complexity index is 422. The van der Waals surface area contributed by atoms with Crippen molar-refractivity contribution < 1.29 is 5.11 Å². The molecule has 3 nitrogen and oxygen atoms in total. The standard InChI is InChI=1S/C19H32N2O/c1-4-16-5-7-17(8-6-16)19(14-22)20-18-9-11-21(12-10-18)13-15(2)3/h5-8,15,18-20,22H,4,9-14H2,1-3H3. The van der Waals surface area contributed by atoms with Gasteiger partial charge in [0.1, 0.15) is 0 Å². The van der Waals surface area contributed by atoms with Gasteiger partial charge in [-0.1, -0.05) is 45.0 Å². The summed E-state index contributed by atoms with van der Waals surface area (Å²) < 4.78 is 0. The number of nitrogens with zero attached hydrogens (tertiary/aromatic N) is 1. The van der Waals surface area contributed by atoms with Crippen LogP contribution in [-0.2, 0) is 6.42 Å². The van der Waals surface area contributed by atoms with E-state index in [-0.39, 0.29) is 12.6 Å². The predicted octanol–water partition coefficient (Wildman–Crippen LogP) is 2.99. The van der Waals surface area contributed by atoms with Crippen molar-refractivity contribution in [1.82, 2.24) is 10.2 Å². The molecule has 1 aromatic carbocycles. The van der Waals surface area contributed by atoms with Crippen LogP contribution in [0.15, 0.2) is 24.3 Å². The zero-order valence-corrected chi connectivity index (χ0v) is 14.4. The number of aryl methyl sites for hydroxylation is 1. The Kier molecular flexibility index (Phi) is 6.87. The Morgan fingerprint density at radius 2 is 1.82 bits per heavy atom. The number of rotatable bonds is 7. The zero-order valence-electron chi connectivity index (χ0n) is 14.4. The van der Waals surface area contributed by atoms with E-state index in [2.05, 4.69) is 55.3 Å². The average molecular weight is 304 g/mol. The first-order valence-corrected chi connectivity index (χ1v) is 8.80. The van der Waals surface area contributed by atoms with Gasteiger partial charge in [-0.3, -0.25) is 0 Å². The third kappa shape index (κ3) is 5.08. The summed E-state index contributed by atoms with van der Waals surface area (Å²) in [6.07, 6.45) is 3.42. The third-order valence-electron chi connectivity index (χ3n) is 4.62. The SMILES string of the molecule is CCc1ccc(C(CO)NC2CCN(CC(C)C)CC2)cc1. The van der Waals surface area contributed by atoms with E-state index in [4.69, 9.17) is 0 Å². The summed E-state index contributed by atoms with van der Waals surface area (Å²) in [5.74, 6) is 0.742. The van der Waals surface area contributed by atoms with Crippen LogP contribution in [0.4, 0.5) is 0 Å². The molecule has 1 aliphatic rings. The van der Waals surface area contributed by atoms with E-state index < -0.39 is 0 Å². The van der Waals surface area contributed by atoms with Crippen LogP contribution >= 0.6 is 0 Å². The van der Waals surface area contributed by atoms with E-state index in [1.165, 1.54) is 43.6 Å². The van der Waals surface area contributed by atoms with Crippen LogP contribution in [0.5, 0.6) is 0 Å². The second-order valence-corrected chi connectivity index (χ2v) is 6.97. The molecule has 0 radical (unpaired) electrons. The second kappa shape index (κ2) is 8.66. The minimum atomic E-state index is 0.0626. The predicted molar refractivity (Wildman–Crippen MR) is 93.1 cm³/mol. The number of hydrogen-bond donors (Lipinski definition) is 2. The van der Waals surface area contributed by atoms with Gasteiger partial charge < -0.3 is 15.3 Å². The van der Waals surface area contributed by atoms with Crippen molar-refractivity contribution in [2.75, 3.05) is 26.2 Å². The van der Waals surface area contributed by atoms with Gasteiger partial charge in [-0.2, -0.15) is 0 Å². The molecule has 0 spiro atoms. The van der Waals surface area contributed by atoms with Crippen molar-refractivity contribution in [2.45, 2.75) is 52.1 Å². The highest BCUT2D eigenvalue weighted by Gasteiger charge is 2.22. The molecule has 1 heterocycles. The maximum absolute atomic E-state index is 9.73. The monoisotopic (exact) mass is 304 g/mol. The van der Waals surface area contributed by atoms with E-state index >= 15 is 0 Å². The third-order valence-corrected chi connectivity index (χ3v) is 4.62. The maximum atomic E-state index is 9.73. The van der Waals surface area contributed by atoms with Gasteiger partial charge in [0.2, 0.25) is 0 Å². The summed E-state index contributed by atoms with van der Waals surface area (Å²) in [6, 6.07) is 9.23. The molecular weight excluding hydrogens is 272 g/mol. The Balaban J connectivity index is 1.85. The molecule has 1 aliphatic heterocycles. The molecule has 1 aromatic rings. The summed E-state index contributed by atoms with van der Waals surface area (Å²) in [5.41, 5.74) is 2.55. The van der Waals surface area contributed by atoms with Crippen LogP contribution in [0.1, 0.15) is 50.8 Å². The number of aliphatic hydroxyl groups is 1. The fraction of sp³-hybridized carbons (Fsp3) is 0.684. The maximum Gasteiger partial charge on any atom is 0.0626 e. The lowest BCUT2D eigenvalue weighted by Crippen LogP contribution is -2.45. The van der Waals surface area contributed by atoms with E-state index in [9.17, 15) is 5.11 Å². The minimum absolute atomic E-state index is 0.0626. The fourth-order valence-electron chi connectivity index (χ4n) is 3.32. The smallest absolute Gasteiger partial charge is 0.0626 e. The van der Waals surface area contributed by atoms with E-state index in [0.29, 0.717) is 6.04 Å². The highest BCUT2D eigenvalue weighted by Crippen LogP contribution is 2.19. The topological polar surface area (TPSA) is 35.5 Å². The van der Waals surface area contributed by atoms with Gasteiger partial charge in [-0.15, -0.1) is 0 Å². The number of benzene rings is 1. The number of hydrogen-bond acceptors (Lipinski definition) is 3. The molecule has 0 bridgehead atoms. The van der Waals surface area contributed by atoms with Crippen molar-refractivity contribution in [3.63, 3.8) is 0 Å². The molecule has 1 saturated heterocycles. The molecule has 1 fully saturated rings. The van der Waals surface area contributed by atoms with Crippen LogP contribution in [0.3, 0.4) is 0 Å². The molecular formula is C19H32N2O. The lowest BCUT2D eigenvalue weighted by Gasteiger charge is -2.35. The largest absolute Gasteiger partial charge is 0.394 e. The summed E-state index contributed by atoms with van der Waals surface area (Å²) in [6.45, 7) is 10.4. The van der Waals surface area contributed by atoms with Crippen molar-refractivity contribution in [3.05, 3.63) is 35.4 Å². The molecule has 1 unspecified atom stereocenters. The Labute approximate surface area is 135 Å². The van der Waals surface area contributed by atoms with E-state index in [1.54, 1.807) is 0 Å². The molecule has 124 valence electrons. The fourth-order valence-corrected chi connectivity index (χ4v) is 3.32. The number of piperidine rings is 1. The number of aliphatic hydroxyl groups excluding tert-OH is 1. The van der Waals surface area contributed by atoms with E-state index in [1.807, 2.05) is 0 Å². The Morgan fingerprint density at radius 1 is 1.18 bits per heavy atom. The van der Waals surface area contributed by atoms with Gasteiger partial charge in [0.25, 0.3) is 0 Å². The molecule has 2 N–H and O–H groups in total. The Hall–Kier alpha value is -0.900. The lowest BCUT2D eigenvalue weighted by molar-refractivity contribution is 0.160. The molecule has 0 aromatic heterocycles. The quantitative estimate of drug-likeness (QED) is 0.813. The van der Waals surface area contributed by atoms with Crippen LogP contribution in [0.2, 0.25) is 0 Å².